The van der Waals surface area contributed by atoms with Gasteiger partial charge < -0.3 is 0 Å². The van der Waals surface area contributed by atoms with E-state index in [0.717, 1.165) is 17.8 Å². The number of halogens is 3. The Morgan fingerprint density at radius 2 is 1.70 bits per heavy atom. The molecule has 0 aliphatic carbocycles. The van der Waals surface area contributed by atoms with Gasteiger partial charge in [-0.25, -0.2) is 0 Å². The molecule has 0 amide bonds. The molecule has 20 heavy (non-hydrogen) atoms. The second kappa shape index (κ2) is 4.63. The van der Waals surface area contributed by atoms with Gasteiger partial charge in [-0.1, -0.05) is 30.3 Å². The van der Waals surface area contributed by atoms with Crippen LogP contribution in [0.5, 0.6) is 0 Å². The molecule has 1 aromatic carbocycles. The predicted octanol–water partition coefficient (Wildman–Crippen LogP) is 3.34. The molecule has 0 bridgehead atoms. The van der Waals surface area contributed by atoms with Crippen molar-refractivity contribution in [3.05, 3.63) is 65.6 Å². The van der Waals surface area contributed by atoms with E-state index in [-0.39, 0.29) is 0 Å². The lowest BCUT2D eigenvalue weighted by molar-refractivity contribution is -0.137. The van der Waals surface area contributed by atoms with Crippen molar-refractivity contribution in [3.63, 3.8) is 0 Å². The van der Waals surface area contributed by atoms with Crippen LogP contribution in [-0.2, 0) is 12.6 Å². The van der Waals surface area contributed by atoms with E-state index in [1.54, 1.807) is 0 Å². The van der Waals surface area contributed by atoms with Crippen LogP contribution in [0, 0.1) is 0 Å². The van der Waals surface area contributed by atoms with Crippen LogP contribution in [0.15, 0.2) is 48.7 Å². The van der Waals surface area contributed by atoms with Gasteiger partial charge in [-0.3, -0.25) is 4.40 Å². The molecule has 102 valence electrons. The van der Waals surface area contributed by atoms with Gasteiger partial charge in [0.1, 0.15) is 5.82 Å². The van der Waals surface area contributed by atoms with Crippen LogP contribution in [0.4, 0.5) is 13.2 Å². The highest BCUT2D eigenvalue weighted by molar-refractivity contribution is 5.40. The Morgan fingerprint density at radius 3 is 2.40 bits per heavy atom. The molecule has 2 aromatic heterocycles. The van der Waals surface area contributed by atoms with Crippen molar-refractivity contribution >= 4 is 5.65 Å². The van der Waals surface area contributed by atoms with Gasteiger partial charge in [0.05, 0.1) is 5.56 Å². The normalized spacial score (nSPS) is 11.9. The lowest BCUT2D eigenvalue weighted by atomic mass is 10.1. The van der Waals surface area contributed by atoms with Gasteiger partial charge in [0.25, 0.3) is 0 Å². The molecule has 0 N–H and O–H groups in total. The maximum Gasteiger partial charge on any atom is 0.417 e. The second-order valence-electron chi connectivity index (χ2n) is 4.42. The summed E-state index contributed by atoms with van der Waals surface area (Å²) in [5.41, 5.74) is 0.669. The van der Waals surface area contributed by atoms with Gasteiger partial charge in [-0.2, -0.15) is 13.2 Å². The van der Waals surface area contributed by atoms with E-state index in [4.69, 9.17) is 0 Å². The van der Waals surface area contributed by atoms with Crippen LogP contribution in [0.25, 0.3) is 5.65 Å². The lowest BCUT2D eigenvalue weighted by Gasteiger charge is -2.07. The maximum atomic E-state index is 12.7. The van der Waals surface area contributed by atoms with Gasteiger partial charge in [0.15, 0.2) is 5.65 Å². The number of fused-ring (bicyclic) bond motifs is 1. The van der Waals surface area contributed by atoms with Gasteiger partial charge in [0, 0.05) is 12.6 Å². The van der Waals surface area contributed by atoms with E-state index in [1.807, 2.05) is 30.3 Å². The highest BCUT2D eigenvalue weighted by Crippen LogP contribution is 2.29. The van der Waals surface area contributed by atoms with Crippen LogP contribution in [-0.4, -0.2) is 14.6 Å². The fraction of sp³-hybridized carbons (Fsp3) is 0.143. The van der Waals surface area contributed by atoms with E-state index in [2.05, 4.69) is 10.2 Å². The summed E-state index contributed by atoms with van der Waals surface area (Å²) in [7, 11) is 0. The number of benzene rings is 1. The van der Waals surface area contributed by atoms with Crippen molar-refractivity contribution < 1.29 is 13.2 Å². The molecule has 6 heteroatoms. The number of pyridine rings is 1. The molecule has 3 nitrogen and oxygen atoms in total. The van der Waals surface area contributed by atoms with Crippen molar-refractivity contribution in [3.8, 4) is 0 Å². The van der Waals surface area contributed by atoms with Gasteiger partial charge in [-0.05, 0) is 17.7 Å². The Bertz CT molecular complexity index is 732. The van der Waals surface area contributed by atoms with E-state index in [0.29, 0.717) is 17.9 Å². The van der Waals surface area contributed by atoms with Crippen LogP contribution < -0.4 is 0 Å². The zero-order chi connectivity index (χ0) is 14.2. The smallest absolute Gasteiger partial charge is 0.286 e. The molecule has 3 aromatic rings. The minimum atomic E-state index is -4.37. The summed E-state index contributed by atoms with van der Waals surface area (Å²) < 4.78 is 39.6. The summed E-state index contributed by atoms with van der Waals surface area (Å²) in [4.78, 5) is 0. The predicted molar refractivity (Wildman–Crippen MR) is 67.2 cm³/mol. The standard InChI is InChI=1S/C14H10F3N3/c15-14(16,17)11-6-7-12-18-19-13(20(12)9-11)8-10-4-2-1-3-5-10/h1-7,9H,8H2. The molecular weight excluding hydrogens is 267 g/mol. The molecule has 0 unspecified atom stereocenters. The number of alkyl halides is 3. The Hall–Kier alpha value is -2.37. The Morgan fingerprint density at radius 1 is 0.950 bits per heavy atom. The molecule has 0 spiro atoms. The third-order valence-electron chi connectivity index (χ3n) is 3.01. The fourth-order valence-electron chi connectivity index (χ4n) is 2.00. The quantitative estimate of drug-likeness (QED) is 0.719. The van der Waals surface area contributed by atoms with Crippen LogP contribution in [0.3, 0.4) is 0 Å². The van der Waals surface area contributed by atoms with Gasteiger partial charge in [0.2, 0.25) is 0 Å². The summed E-state index contributed by atoms with van der Waals surface area (Å²) in [5, 5.41) is 7.84. The molecule has 0 aliphatic rings. The topological polar surface area (TPSA) is 30.2 Å². The molecule has 0 saturated carbocycles. The Kier molecular flexibility index (Phi) is 2.93. The van der Waals surface area contributed by atoms with E-state index >= 15 is 0 Å². The van der Waals surface area contributed by atoms with E-state index in [9.17, 15) is 13.2 Å². The number of hydrogen-bond donors (Lipinski definition) is 0. The average Bonchev–Trinajstić information content (AvgIpc) is 2.82. The first-order valence-electron chi connectivity index (χ1n) is 5.99. The molecule has 3 rings (SSSR count). The van der Waals surface area contributed by atoms with Crippen molar-refractivity contribution in [1.82, 2.24) is 14.6 Å². The molecule has 0 aliphatic heterocycles. The molecular formula is C14H10F3N3. The van der Waals surface area contributed by atoms with Gasteiger partial charge in [-0.15, -0.1) is 10.2 Å². The minimum Gasteiger partial charge on any atom is -0.286 e. The largest absolute Gasteiger partial charge is 0.417 e. The third-order valence-corrected chi connectivity index (χ3v) is 3.01. The van der Waals surface area contributed by atoms with Crippen molar-refractivity contribution in [1.29, 1.82) is 0 Å². The van der Waals surface area contributed by atoms with Crippen LogP contribution in [0.2, 0.25) is 0 Å². The van der Waals surface area contributed by atoms with E-state index < -0.39 is 11.7 Å². The first-order chi connectivity index (χ1) is 9.54. The molecule has 0 atom stereocenters. The zero-order valence-electron chi connectivity index (χ0n) is 10.3. The van der Waals surface area contributed by atoms with Crippen LogP contribution in [0.1, 0.15) is 17.0 Å². The molecule has 0 fully saturated rings. The molecule has 2 heterocycles. The zero-order valence-corrected chi connectivity index (χ0v) is 10.3. The fourth-order valence-corrected chi connectivity index (χ4v) is 2.00. The number of aromatic nitrogens is 3. The summed E-state index contributed by atoms with van der Waals surface area (Å²) in [5.74, 6) is 0.484. The first-order valence-corrected chi connectivity index (χ1v) is 5.99. The van der Waals surface area contributed by atoms with Crippen molar-refractivity contribution in [2.75, 3.05) is 0 Å². The number of rotatable bonds is 2. The van der Waals surface area contributed by atoms with Crippen molar-refractivity contribution in [2.24, 2.45) is 0 Å². The molecule has 0 saturated heterocycles. The summed E-state index contributed by atoms with van der Waals surface area (Å²) >= 11 is 0. The Labute approximate surface area is 112 Å². The monoisotopic (exact) mass is 277 g/mol. The summed E-state index contributed by atoms with van der Waals surface area (Å²) in [6, 6.07) is 11.8. The van der Waals surface area contributed by atoms with Gasteiger partial charge >= 0.3 is 6.18 Å². The highest BCUT2D eigenvalue weighted by Gasteiger charge is 2.31. The van der Waals surface area contributed by atoms with Crippen molar-refractivity contribution in [2.45, 2.75) is 12.6 Å². The van der Waals surface area contributed by atoms with Crippen LogP contribution >= 0.6 is 0 Å². The van der Waals surface area contributed by atoms with E-state index in [1.165, 1.54) is 10.5 Å². The summed E-state index contributed by atoms with van der Waals surface area (Å²) in [6.45, 7) is 0. The third kappa shape index (κ3) is 2.36. The Balaban J connectivity index is 2.03. The lowest BCUT2D eigenvalue weighted by Crippen LogP contribution is -2.07. The first kappa shape index (κ1) is 12.7. The minimum absolute atomic E-state index is 0.406. The second-order valence-corrected chi connectivity index (χ2v) is 4.42. The SMILES string of the molecule is FC(F)(F)c1ccc2nnc(Cc3ccccc3)n2c1. The number of nitrogens with zero attached hydrogens (tertiary/aromatic N) is 3. The molecule has 0 radical (unpaired) electrons. The maximum absolute atomic E-state index is 12.7. The average molecular weight is 277 g/mol. The highest BCUT2D eigenvalue weighted by atomic mass is 19.4. The number of hydrogen-bond acceptors (Lipinski definition) is 2. The summed E-state index contributed by atoms with van der Waals surface area (Å²) in [6.07, 6.45) is -2.90.